The number of hydrazone groups is 1. The average molecular weight is 377 g/mol. The molecule has 0 fully saturated rings. The number of amides is 1. The van der Waals surface area contributed by atoms with Crippen LogP contribution in [-0.2, 0) is 14.8 Å². The highest BCUT2D eigenvalue weighted by Crippen LogP contribution is 2.26. The normalized spacial score (nSPS) is 11.4. The lowest BCUT2D eigenvalue weighted by atomic mass is 10.2. The van der Waals surface area contributed by atoms with Crippen molar-refractivity contribution >= 4 is 22.1 Å². The average Bonchev–Trinajstić information content (AvgIpc) is 2.64. The lowest BCUT2D eigenvalue weighted by Gasteiger charge is -2.06. The van der Waals surface area contributed by atoms with Crippen molar-refractivity contribution in [3.8, 4) is 11.5 Å². The molecule has 0 aliphatic carbocycles. The minimum atomic E-state index is -3.76. The van der Waals surface area contributed by atoms with Gasteiger partial charge in [0.2, 0.25) is 10.0 Å². The lowest BCUT2D eigenvalue weighted by molar-refractivity contribution is -0.119. The zero-order valence-corrected chi connectivity index (χ0v) is 14.9. The van der Waals surface area contributed by atoms with E-state index in [4.69, 9.17) is 4.74 Å². The maximum Gasteiger partial charge on any atom is 0.255 e. The number of aromatic hydroxyl groups is 1. The summed E-state index contributed by atoms with van der Waals surface area (Å²) in [6.07, 6.45) is 1.35. The summed E-state index contributed by atoms with van der Waals surface area (Å²) >= 11 is 0. The molecule has 2 rings (SSSR count). The molecule has 2 aromatic rings. The number of hydrogen-bond acceptors (Lipinski definition) is 6. The van der Waals surface area contributed by atoms with Crippen LogP contribution in [0.1, 0.15) is 12.5 Å². The van der Waals surface area contributed by atoms with E-state index in [2.05, 4.69) is 15.2 Å². The van der Waals surface area contributed by atoms with Crippen molar-refractivity contribution in [1.82, 2.24) is 10.1 Å². The van der Waals surface area contributed by atoms with E-state index < -0.39 is 22.5 Å². The Bertz CT molecular complexity index is 883. The minimum Gasteiger partial charge on any atom is -0.504 e. The number of sulfonamides is 1. The van der Waals surface area contributed by atoms with Crippen molar-refractivity contribution in [1.29, 1.82) is 0 Å². The number of ether oxygens (including phenoxy) is 1. The number of phenols is 1. The Labute approximate surface area is 151 Å². The quantitative estimate of drug-likeness (QED) is 0.472. The van der Waals surface area contributed by atoms with Crippen molar-refractivity contribution in [3.63, 3.8) is 0 Å². The van der Waals surface area contributed by atoms with Gasteiger partial charge in [0.15, 0.2) is 11.5 Å². The molecule has 8 nitrogen and oxygen atoms in total. The molecule has 0 heterocycles. The third-order valence-corrected chi connectivity index (χ3v) is 4.58. The number of hydrogen-bond donors (Lipinski definition) is 3. The van der Waals surface area contributed by atoms with Gasteiger partial charge in [0, 0.05) is 0 Å². The predicted octanol–water partition coefficient (Wildman–Crippen LogP) is 1.22. The molecule has 0 aliphatic rings. The lowest BCUT2D eigenvalue weighted by Crippen LogP contribution is -2.34. The first-order chi connectivity index (χ1) is 12.4. The van der Waals surface area contributed by atoms with Gasteiger partial charge in [-0.1, -0.05) is 18.2 Å². The molecule has 0 radical (unpaired) electrons. The van der Waals surface area contributed by atoms with E-state index in [0.29, 0.717) is 17.9 Å². The molecule has 0 aliphatic heterocycles. The van der Waals surface area contributed by atoms with Crippen molar-refractivity contribution in [2.45, 2.75) is 11.8 Å². The van der Waals surface area contributed by atoms with Gasteiger partial charge in [-0.2, -0.15) is 5.10 Å². The molecule has 0 saturated heterocycles. The van der Waals surface area contributed by atoms with Crippen LogP contribution in [0.15, 0.2) is 58.5 Å². The molecule has 26 heavy (non-hydrogen) atoms. The van der Waals surface area contributed by atoms with E-state index in [1.165, 1.54) is 24.4 Å². The van der Waals surface area contributed by atoms with Crippen LogP contribution >= 0.6 is 0 Å². The smallest absolute Gasteiger partial charge is 0.255 e. The monoisotopic (exact) mass is 377 g/mol. The van der Waals surface area contributed by atoms with Crippen molar-refractivity contribution in [2.75, 3.05) is 13.2 Å². The van der Waals surface area contributed by atoms with E-state index in [1.54, 1.807) is 37.3 Å². The molecule has 0 spiro atoms. The molecule has 0 bridgehead atoms. The molecule has 2 aromatic carbocycles. The SMILES string of the molecule is CCOc1cc(/C=N\NC(=O)CNS(=O)(=O)c2ccccc2)ccc1O. The molecule has 0 unspecified atom stereocenters. The third-order valence-electron chi connectivity index (χ3n) is 3.16. The zero-order chi connectivity index (χ0) is 19.0. The third kappa shape index (κ3) is 5.57. The standard InChI is InChI=1S/C17H19N3O5S/c1-2-25-16-10-13(8-9-15(16)21)11-18-20-17(22)12-19-26(23,24)14-6-4-3-5-7-14/h3-11,19,21H,2,12H2,1H3,(H,20,22)/b18-11-. The van der Waals surface area contributed by atoms with Gasteiger partial charge >= 0.3 is 0 Å². The summed E-state index contributed by atoms with van der Waals surface area (Å²) in [5, 5.41) is 13.4. The van der Waals surface area contributed by atoms with Crippen LogP contribution in [0.4, 0.5) is 0 Å². The van der Waals surface area contributed by atoms with E-state index in [-0.39, 0.29) is 10.6 Å². The van der Waals surface area contributed by atoms with Gasteiger partial charge in [0.1, 0.15) is 0 Å². The van der Waals surface area contributed by atoms with Gasteiger partial charge < -0.3 is 9.84 Å². The molecule has 0 atom stereocenters. The predicted molar refractivity (Wildman–Crippen MR) is 96.6 cm³/mol. The Balaban J connectivity index is 1.89. The maximum atomic E-state index is 12.0. The molecule has 3 N–H and O–H groups in total. The number of nitrogens with zero attached hydrogens (tertiary/aromatic N) is 1. The first-order valence-electron chi connectivity index (χ1n) is 7.75. The molecular weight excluding hydrogens is 358 g/mol. The summed E-state index contributed by atoms with van der Waals surface area (Å²) in [4.78, 5) is 11.8. The zero-order valence-electron chi connectivity index (χ0n) is 14.0. The molecule has 9 heteroatoms. The fourth-order valence-electron chi connectivity index (χ4n) is 1.94. The van der Waals surface area contributed by atoms with Crippen LogP contribution < -0.4 is 14.9 Å². The first kappa shape index (κ1) is 19.4. The van der Waals surface area contributed by atoms with Crippen LogP contribution in [0.5, 0.6) is 11.5 Å². The number of nitrogens with one attached hydrogen (secondary N) is 2. The van der Waals surface area contributed by atoms with Crippen LogP contribution in [0, 0.1) is 0 Å². The molecule has 0 saturated carbocycles. The Morgan fingerprint density at radius 3 is 2.65 bits per heavy atom. The van der Waals surface area contributed by atoms with Crippen molar-refractivity contribution in [3.05, 3.63) is 54.1 Å². The number of phenolic OH excluding ortho intramolecular Hbond substituents is 1. The Morgan fingerprint density at radius 1 is 1.23 bits per heavy atom. The van der Waals surface area contributed by atoms with Crippen LogP contribution in [0.3, 0.4) is 0 Å². The molecule has 138 valence electrons. The highest BCUT2D eigenvalue weighted by molar-refractivity contribution is 7.89. The molecular formula is C17H19N3O5S. The summed E-state index contributed by atoms with van der Waals surface area (Å²) in [5.41, 5.74) is 2.82. The van der Waals surface area contributed by atoms with Gasteiger partial charge in [0.05, 0.1) is 24.3 Å². The topological polar surface area (TPSA) is 117 Å². The summed E-state index contributed by atoms with van der Waals surface area (Å²) in [7, 11) is -3.76. The number of carbonyl (C=O) groups is 1. The first-order valence-corrected chi connectivity index (χ1v) is 9.23. The summed E-state index contributed by atoms with van der Waals surface area (Å²) < 4.78 is 31.4. The molecule has 0 aromatic heterocycles. The number of benzene rings is 2. The summed E-state index contributed by atoms with van der Waals surface area (Å²) in [5.74, 6) is -0.314. The Kier molecular flexibility index (Phi) is 6.70. The van der Waals surface area contributed by atoms with E-state index in [1.807, 2.05) is 0 Å². The molecule has 1 amide bonds. The van der Waals surface area contributed by atoms with Crippen LogP contribution in [0.25, 0.3) is 0 Å². The number of carbonyl (C=O) groups excluding carboxylic acids is 1. The van der Waals surface area contributed by atoms with E-state index in [9.17, 15) is 18.3 Å². The Morgan fingerprint density at radius 2 is 1.96 bits per heavy atom. The van der Waals surface area contributed by atoms with E-state index >= 15 is 0 Å². The fraction of sp³-hybridized carbons (Fsp3) is 0.176. The highest BCUT2D eigenvalue weighted by Gasteiger charge is 2.14. The maximum absolute atomic E-state index is 12.0. The van der Waals surface area contributed by atoms with Gasteiger partial charge in [-0.3, -0.25) is 4.79 Å². The van der Waals surface area contributed by atoms with Crippen molar-refractivity contribution in [2.24, 2.45) is 5.10 Å². The number of rotatable bonds is 8. The van der Waals surface area contributed by atoms with Gasteiger partial charge in [-0.25, -0.2) is 18.6 Å². The van der Waals surface area contributed by atoms with Gasteiger partial charge in [-0.05, 0) is 42.8 Å². The fourth-order valence-corrected chi connectivity index (χ4v) is 2.95. The minimum absolute atomic E-state index is 0.00311. The summed E-state index contributed by atoms with van der Waals surface area (Å²) in [6, 6.07) is 12.3. The van der Waals surface area contributed by atoms with Crippen LogP contribution in [0.2, 0.25) is 0 Å². The van der Waals surface area contributed by atoms with Crippen molar-refractivity contribution < 1.29 is 23.1 Å². The summed E-state index contributed by atoms with van der Waals surface area (Å²) in [6.45, 7) is 1.73. The largest absolute Gasteiger partial charge is 0.504 e. The van der Waals surface area contributed by atoms with E-state index in [0.717, 1.165) is 0 Å². The van der Waals surface area contributed by atoms with Gasteiger partial charge in [-0.15, -0.1) is 0 Å². The second-order valence-corrected chi connectivity index (χ2v) is 6.86. The van der Waals surface area contributed by atoms with Gasteiger partial charge in [0.25, 0.3) is 5.91 Å². The Hall–Kier alpha value is -2.91. The second-order valence-electron chi connectivity index (χ2n) is 5.09. The second kappa shape index (κ2) is 8.97. The van der Waals surface area contributed by atoms with Crippen LogP contribution in [-0.4, -0.2) is 38.8 Å². The highest BCUT2D eigenvalue weighted by atomic mass is 32.2.